The minimum atomic E-state index is -4.98. The van der Waals surface area contributed by atoms with E-state index in [9.17, 15) is 31.1 Å². The van der Waals surface area contributed by atoms with E-state index in [4.69, 9.17) is 21.1 Å². The van der Waals surface area contributed by atoms with E-state index >= 15 is 0 Å². The number of fused-ring (bicyclic) bond motifs is 1. The summed E-state index contributed by atoms with van der Waals surface area (Å²) < 4.78 is 92.6. The molecule has 1 heterocycles. The molecule has 0 spiro atoms. The molecule has 0 saturated heterocycles. The van der Waals surface area contributed by atoms with Crippen molar-refractivity contribution in [2.24, 2.45) is 0 Å². The van der Waals surface area contributed by atoms with Gasteiger partial charge < -0.3 is 14.2 Å². The highest BCUT2D eigenvalue weighted by Crippen LogP contribution is 2.44. The number of esters is 1. The van der Waals surface area contributed by atoms with Crippen LogP contribution in [0.5, 0.6) is 23.0 Å². The standard InChI is InChI=1S/C21H14ClF6NO4/c1-9-10(2)29-16-8-14(20(23,24)25)18(7-13(16)19(9)31-11(3)30)32-17-5-4-12(6-15(17)22)33-21(26,27)28/h4-8H,1-3H3. The fraction of sp³-hybridized carbons (Fsp3) is 0.238. The summed E-state index contributed by atoms with van der Waals surface area (Å²) in [6.07, 6.45) is -9.86. The van der Waals surface area contributed by atoms with Crippen molar-refractivity contribution in [3.8, 4) is 23.0 Å². The summed E-state index contributed by atoms with van der Waals surface area (Å²) in [6.45, 7) is 4.26. The van der Waals surface area contributed by atoms with Gasteiger partial charge in [0, 0.05) is 29.6 Å². The Balaban J connectivity index is 2.17. The lowest BCUT2D eigenvalue weighted by Crippen LogP contribution is -2.17. The maximum atomic E-state index is 13.7. The minimum Gasteiger partial charge on any atom is -0.455 e. The number of aryl methyl sites for hydroxylation is 1. The van der Waals surface area contributed by atoms with Gasteiger partial charge in [-0.3, -0.25) is 9.78 Å². The number of carbonyl (C=O) groups is 1. The molecule has 0 saturated carbocycles. The summed E-state index contributed by atoms with van der Waals surface area (Å²) in [6, 6.07) is 4.21. The number of nitrogens with zero attached hydrogens (tertiary/aromatic N) is 1. The van der Waals surface area contributed by atoms with Gasteiger partial charge in [0.05, 0.1) is 10.5 Å². The molecule has 12 heteroatoms. The van der Waals surface area contributed by atoms with Crippen LogP contribution in [0.2, 0.25) is 5.02 Å². The number of hydrogen-bond donors (Lipinski definition) is 0. The Bertz CT molecular complexity index is 1240. The molecule has 0 aliphatic heterocycles. The Morgan fingerprint density at radius 2 is 1.67 bits per heavy atom. The van der Waals surface area contributed by atoms with Gasteiger partial charge in [0.2, 0.25) is 0 Å². The number of rotatable bonds is 4. The molecule has 33 heavy (non-hydrogen) atoms. The smallest absolute Gasteiger partial charge is 0.455 e. The highest BCUT2D eigenvalue weighted by Gasteiger charge is 2.36. The van der Waals surface area contributed by atoms with Gasteiger partial charge in [-0.05, 0) is 38.1 Å². The van der Waals surface area contributed by atoms with Crippen molar-refractivity contribution in [1.82, 2.24) is 4.98 Å². The van der Waals surface area contributed by atoms with Crippen LogP contribution in [0, 0.1) is 13.8 Å². The van der Waals surface area contributed by atoms with Gasteiger partial charge in [-0.15, -0.1) is 13.2 Å². The first-order valence-electron chi connectivity index (χ1n) is 9.09. The molecule has 3 aromatic rings. The fourth-order valence-electron chi connectivity index (χ4n) is 2.93. The van der Waals surface area contributed by atoms with Crippen LogP contribution in [0.1, 0.15) is 23.7 Å². The van der Waals surface area contributed by atoms with Gasteiger partial charge >= 0.3 is 18.5 Å². The van der Waals surface area contributed by atoms with Gasteiger partial charge in [-0.2, -0.15) is 13.2 Å². The lowest BCUT2D eigenvalue weighted by molar-refractivity contribution is -0.274. The second kappa shape index (κ2) is 8.62. The second-order valence-electron chi connectivity index (χ2n) is 6.85. The van der Waals surface area contributed by atoms with Crippen LogP contribution in [0.25, 0.3) is 10.9 Å². The van der Waals surface area contributed by atoms with Crippen molar-refractivity contribution < 1.29 is 45.3 Å². The van der Waals surface area contributed by atoms with E-state index < -0.39 is 40.6 Å². The van der Waals surface area contributed by atoms with Crippen LogP contribution in [-0.4, -0.2) is 17.3 Å². The zero-order chi connectivity index (χ0) is 24.7. The van der Waals surface area contributed by atoms with Crippen LogP contribution in [-0.2, 0) is 11.0 Å². The molecule has 0 amide bonds. The molecule has 176 valence electrons. The monoisotopic (exact) mass is 493 g/mol. The zero-order valence-electron chi connectivity index (χ0n) is 17.1. The molecule has 1 aromatic heterocycles. The Hall–Kier alpha value is -3.21. The van der Waals surface area contributed by atoms with E-state index in [1.54, 1.807) is 13.8 Å². The summed E-state index contributed by atoms with van der Waals surface area (Å²) in [5, 5.41) is -0.368. The van der Waals surface area contributed by atoms with Crippen LogP contribution in [0.4, 0.5) is 26.3 Å². The molecular formula is C21H14ClF6NO4. The van der Waals surface area contributed by atoms with Crippen molar-refractivity contribution in [3.63, 3.8) is 0 Å². The topological polar surface area (TPSA) is 57.7 Å². The first-order chi connectivity index (χ1) is 15.2. The van der Waals surface area contributed by atoms with Gasteiger partial charge in [-0.1, -0.05) is 11.6 Å². The average molecular weight is 494 g/mol. The van der Waals surface area contributed by atoms with Gasteiger partial charge in [0.1, 0.15) is 28.6 Å². The van der Waals surface area contributed by atoms with E-state index in [0.29, 0.717) is 11.3 Å². The third-order valence-corrected chi connectivity index (χ3v) is 4.72. The third kappa shape index (κ3) is 5.59. The van der Waals surface area contributed by atoms with Crippen molar-refractivity contribution >= 4 is 28.5 Å². The zero-order valence-corrected chi connectivity index (χ0v) is 17.9. The summed E-state index contributed by atoms with van der Waals surface area (Å²) in [7, 11) is 0. The number of benzene rings is 2. The van der Waals surface area contributed by atoms with Crippen LogP contribution < -0.4 is 14.2 Å². The number of aromatic nitrogens is 1. The molecule has 0 N–H and O–H groups in total. The Morgan fingerprint density at radius 1 is 1.00 bits per heavy atom. The van der Waals surface area contributed by atoms with E-state index in [2.05, 4.69) is 9.72 Å². The quantitative estimate of drug-likeness (QED) is 0.285. The van der Waals surface area contributed by atoms with Gasteiger partial charge in [0.15, 0.2) is 0 Å². The van der Waals surface area contributed by atoms with Gasteiger partial charge in [0.25, 0.3) is 0 Å². The van der Waals surface area contributed by atoms with Gasteiger partial charge in [-0.25, -0.2) is 0 Å². The molecule has 2 aromatic carbocycles. The molecule has 0 radical (unpaired) electrons. The van der Waals surface area contributed by atoms with E-state index in [0.717, 1.165) is 37.3 Å². The van der Waals surface area contributed by atoms with E-state index in [1.807, 2.05) is 0 Å². The first-order valence-corrected chi connectivity index (χ1v) is 9.47. The highest BCUT2D eigenvalue weighted by atomic mass is 35.5. The molecule has 0 atom stereocenters. The van der Waals surface area contributed by atoms with Crippen LogP contribution >= 0.6 is 11.6 Å². The summed E-state index contributed by atoms with van der Waals surface area (Å²) in [4.78, 5) is 15.7. The predicted octanol–water partition coefficient (Wildman–Crippen LogP) is 7.14. The number of ether oxygens (including phenoxy) is 3. The minimum absolute atomic E-state index is 0.00333. The molecule has 0 unspecified atom stereocenters. The summed E-state index contributed by atoms with van der Waals surface area (Å²) in [5.41, 5.74) is -0.542. The van der Waals surface area contributed by atoms with E-state index in [-0.39, 0.29) is 22.4 Å². The Morgan fingerprint density at radius 3 is 2.21 bits per heavy atom. The Kier molecular flexibility index (Phi) is 6.38. The summed E-state index contributed by atoms with van der Waals surface area (Å²) >= 11 is 5.90. The molecule has 0 aliphatic rings. The maximum absolute atomic E-state index is 13.7. The third-order valence-electron chi connectivity index (χ3n) is 4.42. The molecule has 3 rings (SSSR count). The van der Waals surface area contributed by atoms with Crippen molar-refractivity contribution in [1.29, 1.82) is 0 Å². The second-order valence-corrected chi connectivity index (χ2v) is 7.26. The summed E-state index contributed by atoms with van der Waals surface area (Å²) in [5.74, 6) is -2.46. The SMILES string of the molecule is CC(=O)Oc1c(C)c(C)nc2cc(C(F)(F)F)c(Oc3ccc(OC(F)(F)F)cc3Cl)cc12. The van der Waals surface area contributed by atoms with E-state index in [1.165, 1.54) is 0 Å². The number of carbonyl (C=O) groups excluding carboxylic acids is 1. The van der Waals surface area contributed by atoms with Crippen molar-refractivity contribution in [2.75, 3.05) is 0 Å². The lowest BCUT2D eigenvalue weighted by Gasteiger charge is -2.18. The molecule has 5 nitrogen and oxygen atoms in total. The van der Waals surface area contributed by atoms with Crippen molar-refractivity contribution in [2.45, 2.75) is 33.3 Å². The fourth-order valence-corrected chi connectivity index (χ4v) is 3.14. The number of alkyl halides is 6. The number of hydrogen-bond acceptors (Lipinski definition) is 5. The van der Waals surface area contributed by atoms with Crippen LogP contribution in [0.15, 0.2) is 30.3 Å². The first kappa shape index (κ1) is 24.4. The number of halogens is 7. The molecule has 0 fully saturated rings. The number of pyridine rings is 1. The highest BCUT2D eigenvalue weighted by molar-refractivity contribution is 6.32. The normalized spacial score (nSPS) is 12.1. The van der Waals surface area contributed by atoms with Crippen molar-refractivity contribution in [3.05, 3.63) is 52.2 Å². The predicted molar refractivity (Wildman–Crippen MR) is 106 cm³/mol. The molecular weight excluding hydrogens is 480 g/mol. The Labute approximate surface area is 187 Å². The maximum Gasteiger partial charge on any atom is 0.573 e. The average Bonchev–Trinajstić information content (AvgIpc) is 2.65. The molecule has 0 aliphatic carbocycles. The molecule has 0 bridgehead atoms. The lowest BCUT2D eigenvalue weighted by atomic mass is 10.0. The largest absolute Gasteiger partial charge is 0.573 e. The van der Waals surface area contributed by atoms with Crippen LogP contribution in [0.3, 0.4) is 0 Å².